The fraction of sp³-hybridized carbons (Fsp3) is 0.304. The van der Waals surface area contributed by atoms with Gasteiger partial charge >= 0.3 is 0 Å². The molecule has 1 aliphatic heterocycles. The topological polar surface area (TPSA) is 104 Å². The first-order chi connectivity index (χ1) is 15.6. The molecule has 0 radical (unpaired) electrons. The van der Waals surface area contributed by atoms with Crippen molar-refractivity contribution in [3.63, 3.8) is 0 Å². The van der Waals surface area contributed by atoms with Crippen LogP contribution in [0.25, 0.3) is 28.0 Å². The smallest absolute Gasteiger partial charge is 0.248 e. The molecule has 1 amide bonds. The van der Waals surface area contributed by atoms with Crippen LogP contribution in [0.4, 0.5) is 5.69 Å². The first-order valence-corrected chi connectivity index (χ1v) is 10.6. The molecule has 0 unspecified atom stereocenters. The number of nitrogens with two attached hydrogens (primary N) is 1. The molecule has 3 aromatic heterocycles. The van der Waals surface area contributed by atoms with Gasteiger partial charge in [0.15, 0.2) is 5.65 Å². The van der Waals surface area contributed by atoms with Crippen LogP contribution in [0.5, 0.6) is 0 Å². The maximum atomic E-state index is 12.0. The Morgan fingerprint density at radius 1 is 1.09 bits per heavy atom. The van der Waals surface area contributed by atoms with E-state index in [9.17, 15) is 4.79 Å². The zero-order chi connectivity index (χ0) is 22.1. The number of fused-ring (bicyclic) bond motifs is 1. The van der Waals surface area contributed by atoms with Crippen molar-refractivity contribution < 1.29 is 9.53 Å². The molecule has 4 heterocycles. The third-order valence-electron chi connectivity index (χ3n) is 5.94. The molecule has 1 aromatic carbocycles. The van der Waals surface area contributed by atoms with Gasteiger partial charge in [0.1, 0.15) is 6.61 Å². The molecular weight excluding hydrogens is 406 g/mol. The fourth-order valence-corrected chi connectivity index (χ4v) is 4.21. The Morgan fingerprint density at radius 2 is 1.91 bits per heavy atom. The van der Waals surface area contributed by atoms with Crippen molar-refractivity contribution in [2.24, 2.45) is 0 Å². The monoisotopic (exact) mass is 431 g/mol. The summed E-state index contributed by atoms with van der Waals surface area (Å²) in [5, 5.41) is 9.20. The SMILES string of the molecule is COCC(=O)N1CCC(n2cc(-c3cnn4c(-c5cccc(N)c5)cnc4c3)cn2)CC1. The van der Waals surface area contributed by atoms with Gasteiger partial charge in [-0.2, -0.15) is 10.2 Å². The van der Waals surface area contributed by atoms with Crippen LogP contribution in [0.3, 0.4) is 0 Å². The van der Waals surface area contributed by atoms with E-state index in [2.05, 4.69) is 15.2 Å². The van der Waals surface area contributed by atoms with Crippen LogP contribution in [0.1, 0.15) is 18.9 Å². The molecule has 9 heteroatoms. The Bertz CT molecular complexity index is 1250. The zero-order valence-corrected chi connectivity index (χ0v) is 17.9. The number of imidazole rings is 1. The number of anilines is 1. The second kappa shape index (κ2) is 8.43. The molecular formula is C23H25N7O2. The lowest BCUT2D eigenvalue weighted by molar-refractivity contribution is -0.136. The molecule has 1 saturated heterocycles. The van der Waals surface area contributed by atoms with Crippen molar-refractivity contribution in [2.75, 3.05) is 32.5 Å². The molecule has 32 heavy (non-hydrogen) atoms. The summed E-state index contributed by atoms with van der Waals surface area (Å²) in [7, 11) is 1.55. The van der Waals surface area contributed by atoms with E-state index in [1.165, 1.54) is 0 Å². The molecule has 164 valence electrons. The zero-order valence-electron chi connectivity index (χ0n) is 17.9. The second-order valence-electron chi connectivity index (χ2n) is 8.04. The quantitative estimate of drug-likeness (QED) is 0.487. The van der Waals surface area contributed by atoms with E-state index in [0.29, 0.717) is 5.69 Å². The number of rotatable bonds is 5. The lowest BCUT2D eigenvalue weighted by atomic mass is 10.1. The fourth-order valence-electron chi connectivity index (χ4n) is 4.21. The maximum absolute atomic E-state index is 12.0. The van der Waals surface area contributed by atoms with Crippen LogP contribution in [0.2, 0.25) is 0 Å². The number of likely N-dealkylation sites (tertiary alicyclic amines) is 1. The summed E-state index contributed by atoms with van der Waals surface area (Å²) < 4.78 is 8.77. The summed E-state index contributed by atoms with van der Waals surface area (Å²) >= 11 is 0. The van der Waals surface area contributed by atoms with Gasteiger partial charge < -0.3 is 15.4 Å². The van der Waals surface area contributed by atoms with Gasteiger partial charge in [-0.15, -0.1) is 0 Å². The van der Waals surface area contributed by atoms with E-state index in [1.807, 2.05) is 69.2 Å². The minimum absolute atomic E-state index is 0.0451. The number of piperidine rings is 1. The highest BCUT2D eigenvalue weighted by Crippen LogP contribution is 2.27. The summed E-state index contributed by atoms with van der Waals surface area (Å²) in [6.45, 7) is 1.58. The van der Waals surface area contributed by atoms with Crippen molar-refractivity contribution in [1.29, 1.82) is 0 Å². The molecule has 0 atom stereocenters. The van der Waals surface area contributed by atoms with Crippen LogP contribution in [0, 0.1) is 0 Å². The van der Waals surface area contributed by atoms with Crippen molar-refractivity contribution in [2.45, 2.75) is 18.9 Å². The highest BCUT2D eigenvalue weighted by molar-refractivity contribution is 5.77. The predicted molar refractivity (Wildman–Crippen MR) is 121 cm³/mol. The van der Waals surface area contributed by atoms with Gasteiger partial charge in [-0.25, -0.2) is 9.50 Å². The van der Waals surface area contributed by atoms with Crippen LogP contribution >= 0.6 is 0 Å². The van der Waals surface area contributed by atoms with E-state index in [4.69, 9.17) is 10.5 Å². The number of hydrogen-bond donors (Lipinski definition) is 1. The molecule has 9 nitrogen and oxygen atoms in total. The van der Waals surface area contributed by atoms with E-state index in [-0.39, 0.29) is 18.6 Å². The number of hydrogen-bond acceptors (Lipinski definition) is 6. The average molecular weight is 432 g/mol. The van der Waals surface area contributed by atoms with Crippen LogP contribution in [-0.2, 0) is 9.53 Å². The largest absolute Gasteiger partial charge is 0.399 e. The molecule has 0 aliphatic carbocycles. The predicted octanol–water partition coefficient (Wildman–Crippen LogP) is 2.65. The number of amides is 1. The van der Waals surface area contributed by atoms with E-state index in [1.54, 1.807) is 7.11 Å². The number of carbonyl (C=O) groups excluding carboxylic acids is 1. The van der Waals surface area contributed by atoms with Crippen LogP contribution in [-0.4, -0.2) is 62.0 Å². The van der Waals surface area contributed by atoms with Crippen molar-refractivity contribution >= 4 is 17.2 Å². The summed E-state index contributed by atoms with van der Waals surface area (Å²) in [5.74, 6) is 0.0451. The standard InChI is InChI=1S/C23H25N7O2/c1-32-15-23(31)28-7-5-20(6-8-28)29-14-18(12-26-29)17-10-22-25-13-21(30(22)27-11-17)16-3-2-4-19(24)9-16/h2-4,9-14,20H,5-8,15,24H2,1H3. The van der Waals surface area contributed by atoms with Gasteiger partial charge in [0.25, 0.3) is 0 Å². The third kappa shape index (κ3) is 3.82. The number of ether oxygens (including phenoxy) is 1. The summed E-state index contributed by atoms with van der Waals surface area (Å²) in [5.41, 5.74) is 11.2. The number of carbonyl (C=O) groups is 1. The Balaban J connectivity index is 1.33. The van der Waals surface area contributed by atoms with Gasteiger partial charge in [0.2, 0.25) is 5.91 Å². The highest BCUT2D eigenvalue weighted by Gasteiger charge is 2.24. The summed E-state index contributed by atoms with van der Waals surface area (Å²) in [6, 6.07) is 9.97. The van der Waals surface area contributed by atoms with Crippen LogP contribution < -0.4 is 5.73 Å². The number of benzene rings is 1. The molecule has 0 spiro atoms. The van der Waals surface area contributed by atoms with E-state index >= 15 is 0 Å². The molecule has 1 fully saturated rings. The van der Waals surface area contributed by atoms with Gasteiger partial charge in [-0.05, 0) is 31.0 Å². The number of nitrogens with zero attached hydrogens (tertiary/aromatic N) is 6. The lowest BCUT2D eigenvalue weighted by Crippen LogP contribution is -2.40. The van der Waals surface area contributed by atoms with Gasteiger partial charge in [-0.1, -0.05) is 12.1 Å². The van der Waals surface area contributed by atoms with E-state index in [0.717, 1.165) is 54.0 Å². The summed E-state index contributed by atoms with van der Waals surface area (Å²) in [6.07, 6.45) is 9.29. The second-order valence-corrected chi connectivity index (χ2v) is 8.04. The highest BCUT2D eigenvalue weighted by atomic mass is 16.5. The molecule has 1 aliphatic rings. The number of nitrogen functional groups attached to an aromatic ring is 1. The van der Waals surface area contributed by atoms with Crippen molar-refractivity contribution in [3.8, 4) is 22.4 Å². The maximum Gasteiger partial charge on any atom is 0.248 e. The molecule has 0 bridgehead atoms. The van der Waals surface area contributed by atoms with Crippen molar-refractivity contribution in [3.05, 3.63) is 55.1 Å². The first kappa shape index (κ1) is 20.2. The lowest BCUT2D eigenvalue weighted by Gasteiger charge is -2.32. The minimum atomic E-state index is 0.0451. The molecule has 0 saturated carbocycles. The van der Waals surface area contributed by atoms with Gasteiger partial charge in [0, 0.05) is 48.8 Å². The van der Waals surface area contributed by atoms with E-state index < -0.39 is 0 Å². The Labute approximate surface area is 185 Å². The van der Waals surface area contributed by atoms with Crippen LogP contribution in [0.15, 0.2) is 55.1 Å². The molecule has 2 N–H and O–H groups in total. The first-order valence-electron chi connectivity index (χ1n) is 10.6. The van der Waals surface area contributed by atoms with Gasteiger partial charge in [-0.3, -0.25) is 9.48 Å². The third-order valence-corrected chi connectivity index (χ3v) is 5.94. The number of methoxy groups -OCH3 is 1. The molecule has 4 aromatic rings. The Kier molecular flexibility index (Phi) is 5.32. The Hall–Kier alpha value is -3.72. The average Bonchev–Trinajstić information content (AvgIpc) is 3.46. The van der Waals surface area contributed by atoms with Gasteiger partial charge in [0.05, 0.1) is 30.3 Å². The Morgan fingerprint density at radius 3 is 2.69 bits per heavy atom. The summed E-state index contributed by atoms with van der Waals surface area (Å²) in [4.78, 5) is 18.4. The van der Waals surface area contributed by atoms with Crippen molar-refractivity contribution in [1.82, 2.24) is 29.3 Å². The normalized spacial score (nSPS) is 14.8. The number of aromatic nitrogens is 5. The minimum Gasteiger partial charge on any atom is -0.399 e. The molecule has 5 rings (SSSR count).